The standard InChI is InChI=1S/C15H24N2O5/c1-11(14(18)17(3)8-5-7-16)22-15(19)12(2)21-10-13-6-4-9-20-13/h11-13H,4-6,8-10H2,1-3H3. The van der Waals surface area contributed by atoms with Gasteiger partial charge in [-0.25, -0.2) is 4.79 Å². The fraction of sp³-hybridized carbons (Fsp3) is 0.800. The van der Waals surface area contributed by atoms with Crippen LogP contribution in [0.2, 0.25) is 0 Å². The lowest BCUT2D eigenvalue weighted by atomic mass is 10.2. The summed E-state index contributed by atoms with van der Waals surface area (Å²) in [6.07, 6.45) is 0.567. The Labute approximate surface area is 131 Å². The molecule has 7 nitrogen and oxygen atoms in total. The Bertz CT molecular complexity index is 415. The molecule has 0 saturated carbocycles. The van der Waals surface area contributed by atoms with Gasteiger partial charge in [0.05, 0.1) is 25.2 Å². The van der Waals surface area contributed by atoms with E-state index in [0.29, 0.717) is 13.2 Å². The fourth-order valence-corrected chi connectivity index (χ4v) is 2.05. The van der Waals surface area contributed by atoms with Gasteiger partial charge in [0, 0.05) is 20.2 Å². The van der Waals surface area contributed by atoms with Crippen molar-refractivity contribution >= 4 is 11.9 Å². The largest absolute Gasteiger partial charge is 0.451 e. The van der Waals surface area contributed by atoms with Gasteiger partial charge in [0.2, 0.25) is 0 Å². The average Bonchev–Trinajstić information content (AvgIpc) is 3.02. The van der Waals surface area contributed by atoms with Gasteiger partial charge in [0.15, 0.2) is 12.2 Å². The summed E-state index contributed by atoms with van der Waals surface area (Å²) in [5, 5.41) is 8.50. The van der Waals surface area contributed by atoms with Crippen molar-refractivity contribution in [1.29, 1.82) is 5.26 Å². The molecule has 0 bridgehead atoms. The van der Waals surface area contributed by atoms with Crippen molar-refractivity contribution in [1.82, 2.24) is 4.90 Å². The Balaban J connectivity index is 2.32. The maximum atomic E-state index is 12.0. The predicted octanol–water partition coefficient (Wildman–Crippen LogP) is 0.874. The Kier molecular flexibility index (Phi) is 7.85. The summed E-state index contributed by atoms with van der Waals surface area (Å²) in [5.41, 5.74) is 0. The zero-order valence-corrected chi connectivity index (χ0v) is 13.4. The lowest BCUT2D eigenvalue weighted by Crippen LogP contribution is -2.40. The SMILES string of the molecule is CC(OCC1CCCO1)C(=O)OC(C)C(=O)N(C)CCC#N. The molecule has 0 aliphatic carbocycles. The van der Waals surface area contributed by atoms with Crippen molar-refractivity contribution in [3.8, 4) is 6.07 Å². The van der Waals surface area contributed by atoms with Gasteiger partial charge in [-0.05, 0) is 26.7 Å². The molecule has 0 aromatic rings. The van der Waals surface area contributed by atoms with Crippen molar-refractivity contribution in [2.45, 2.75) is 51.4 Å². The van der Waals surface area contributed by atoms with Crippen LogP contribution in [0.1, 0.15) is 33.1 Å². The quantitative estimate of drug-likeness (QED) is 0.618. The summed E-state index contributed by atoms with van der Waals surface area (Å²) in [6.45, 7) is 4.49. The maximum absolute atomic E-state index is 12.0. The highest BCUT2D eigenvalue weighted by Crippen LogP contribution is 2.13. The van der Waals surface area contributed by atoms with E-state index in [9.17, 15) is 9.59 Å². The Hall–Kier alpha value is -1.65. The molecule has 124 valence electrons. The van der Waals surface area contributed by atoms with Crippen LogP contribution in [0, 0.1) is 11.3 Å². The molecular weight excluding hydrogens is 288 g/mol. The molecule has 22 heavy (non-hydrogen) atoms. The second-order valence-corrected chi connectivity index (χ2v) is 5.36. The number of esters is 1. The number of likely N-dealkylation sites (N-methyl/N-ethyl adjacent to an activating group) is 1. The van der Waals surface area contributed by atoms with E-state index >= 15 is 0 Å². The number of hydrogen-bond donors (Lipinski definition) is 0. The molecule has 1 saturated heterocycles. The number of ether oxygens (including phenoxy) is 3. The molecule has 0 spiro atoms. The first-order chi connectivity index (χ1) is 10.5. The zero-order chi connectivity index (χ0) is 16.5. The number of carbonyl (C=O) groups excluding carboxylic acids is 2. The number of carbonyl (C=O) groups is 2. The molecule has 3 unspecified atom stereocenters. The van der Waals surface area contributed by atoms with Gasteiger partial charge >= 0.3 is 5.97 Å². The minimum atomic E-state index is -0.898. The average molecular weight is 312 g/mol. The molecule has 0 N–H and O–H groups in total. The van der Waals surface area contributed by atoms with Gasteiger partial charge in [0.25, 0.3) is 5.91 Å². The molecule has 1 heterocycles. The first-order valence-electron chi connectivity index (χ1n) is 7.51. The monoisotopic (exact) mass is 312 g/mol. The van der Waals surface area contributed by atoms with Crippen LogP contribution < -0.4 is 0 Å². The number of amides is 1. The second kappa shape index (κ2) is 9.38. The van der Waals surface area contributed by atoms with E-state index in [1.165, 1.54) is 11.8 Å². The highest BCUT2D eigenvalue weighted by molar-refractivity contribution is 5.84. The summed E-state index contributed by atoms with van der Waals surface area (Å²) < 4.78 is 15.9. The van der Waals surface area contributed by atoms with Crippen molar-refractivity contribution < 1.29 is 23.8 Å². The number of hydrogen-bond acceptors (Lipinski definition) is 6. The van der Waals surface area contributed by atoms with Gasteiger partial charge in [-0.2, -0.15) is 5.26 Å². The van der Waals surface area contributed by atoms with E-state index in [0.717, 1.165) is 19.4 Å². The normalized spacial score (nSPS) is 20.0. The first kappa shape index (κ1) is 18.4. The minimum absolute atomic E-state index is 0.0337. The van der Waals surface area contributed by atoms with Crippen molar-refractivity contribution in [3.63, 3.8) is 0 Å². The van der Waals surface area contributed by atoms with E-state index in [-0.39, 0.29) is 18.4 Å². The van der Waals surface area contributed by atoms with E-state index in [1.54, 1.807) is 14.0 Å². The summed E-state index contributed by atoms with van der Waals surface area (Å²) in [5.74, 6) is -0.914. The molecule has 0 aromatic carbocycles. The number of nitrogens with zero attached hydrogens (tertiary/aromatic N) is 2. The number of nitriles is 1. The molecule has 1 aliphatic heterocycles. The molecule has 0 radical (unpaired) electrons. The highest BCUT2D eigenvalue weighted by Gasteiger charge is 2.25. The van der Waals surface area contributed by atoms with Crippen LogP contribution in [-0.2, 0) is 23.8 Å². The Morgan fingerprint density at radius 1 is 1.41 bits per heavy atom. The van der Waals surface area contributed by atoms with Gasteiger partial charge in [-0.1, -0.05) is 0 Å². The molecule has 1 aliphatic rings. The van der Waals surface area contributed by atoms with Crippen molar-refractivity contribution in [2.24, 2.45) is 0 Å². The molecule has 0 aromatic heterocycles. The summed E-state index contributed by atoms with van der Waals surface area (Å²) in [4.78, 5) is 25.2. The zero-order valence-electron chi connectivity index (χ0n) is 13.4. The summed E-state index contributed by atoms with van der Waals surface area (Å²) >= 11 is 0. The third-order valence-electron chi connectivity index (χ3n) is 3.46. The van der Waals surface area contributed by atoms with Crippen LogP contribution >= 0.6 is 0 Å². The topological polar surface area (TPSA) is 88.9 Å². The van der Waals surface area contributed by atoms with E-state index in [2.05, 4.69) is 0 Å². The summed E-state index contributed by atoms with van der Waals surface area (Å²) in [6, 6.07) is 1.96. The van der Waals surface area contributed by atoms with Crippen molar-refractivity contribution in [3.05, 3.63) is 0 Å². The van der Waals surface area contributed by atoms with Crippen LogP contribution in [0.3, 0.4) is 0 Å². The number of rotatable bonds is 8. The van der Waals surface area contributed by atoms with Gasteiger partial charge in [-0.15, -0.1) is 0 Å². The van der Waals surface area contributed by atoms with Gasteiger partial charge in [0.1, 0.15) is 0 Å². The van der Waals surface area contributed by atoms with Crippen LogP contribution in [0.25, 0.3) is 0 Å². The lowest BCUT2D eigenvalue weighted by Gasteiger charge is -2.22. The summed E-state index contributed by atoms with van der Waals surface area (Å²) in [7, 11) is 1.57. The van der Waals surface area contributed by atoms with Crippen LogP contribution in [0.15, 0.2) is 0 Å². The molecule has 7 heteroatoms. The third-order valence-corrected chi connectivity index (χ3v) is 3.46. The van der Waals surface area contributed by atoms with Gasteiger partial charge in [-0.3, -0.25) is 4.79 Å². The first-order valence-corrected chi connectivity index (χ1v) is 7.51. The van der Waals surface area contributed by atoms with E-state index in [1.807, 2.05) is 6.07 Å². The van der Waals surface area contributed by atoms with Crippen molar-refractivity contribution in [2.75, 3.05) is 26.8 Å². The lowest BCUT2D eigenvalue weighted by molar-refractivity contribution is -0.168. The molecule has 1 fully saturated rings. The van der Waals surface area contributed by atoms with Crippen LogP contribution in [-0.4, -0.2) is 61.9 Å². The Morgan fingerprint density at radius 2 is 2.14 bits per heavy atom. The fourth-order valence-electron chi connectivity index (χ4n) is 2.05. The minimum Gasteiger partial charge on any atom is -0.451 e. The Morgan fingerprint density at radius 3 is 2.73 bits per heavy atom. The molecule has 3 atom stereocenters. The van der Waals surface area contributed by atoms with Gasteiger partial charge < -0.3 is 19.1 Å². The molecule has 1 rings (SSSR count). The van der Waals surface area contributed by atoms with Crippen LogP contribution in [0.5, 0.6) is 0 Å². The second-order valence-electron chi connectivity index (χ2n) is 5.36. The molecule has 1 amide bonds. The third kappa shape index (κ3) is 6.00. The predicted molar refractivity (Wildman–Crippen MR) is 77.8 cm³/mol. The smallest absolute Gasteiger partial charge is 0.335 e. The van der Waals surface area contributed by atoms with Crippen LogP contribution in [0.4, 0.5) is 0 Å². The highest BCUT2D eigenvalue weighted by atomic mass is 16.6. The van der Waals surface area contributed by atoms with E-state index in [4.69, 9.17) is 19.5 Å². The maximum Gasteiger partial charge on any atom is 0.335 e. The molecular formula is C15H24N2O5. The van der Waals surface area contributed by atoms with E-state index < -0.39 is 18.2 Å².